The zero-order valence-corrected chi connectivity index (χ0v) is 18.1. The molecule has 0 atom stereocenters. The Kier molecular flexibility index (Phi) is 32.5. The molecule has 0 aliphatic rings. The van der Waals surface area contributed by atoms with Crippen molar-refractivity contribution in [3.63, 3.8) is 0 Å². The number of rotatable bonds is 0. The summed E-state index contributed by atoms with van der Waals surface area (Å²) in [4.78, 5) is 83.6. The van der Waals surface area contributed by atoms with Crippen molar-refractivity contribution in [1.82, 2.24) is 0 Å². The Labute approximate surface area is 178 Å². The van der Waals surface area contributed by atoms with Crippen LogP contribution in [0.1, 0.15) is 0 Å². The van der Waals surface area contributed by atoms with Gasteiger partial charge in [-0.1, -0.05) is 0 Å². The fourth-order valence-corrected chi connectivity index (χ4v) is 0. The van der Waals surface area contributed by atoms with Gasteiger partial charge in [-0.2, -0.15) is 0 Å². The predicted molar refractivity (Wildman–Crippen MR) is 86.1 cm³/mol. The first-order valence-electron chi connectivity index (χ1n) is 4.51. The van der Waals surface area contributed by atoms with Crippen LogP contribution in [0.3, 0.4) is 0 Å². The van der Waals surface area contributed by atoms with Gasteiger partial charge in [-0.15, -0.1) is 25.2 Å². The molecule has 0 bridgehead atoms. The van der Waals surface area contributed by atoms with E-state index in [0.29, 0.717) is 0 Å². The zero-order valence-electron chi connectivity index (χ0n) is 12.8. The minimum absolute atomic E-state index is 0. The van der Waals surface area contributed by atoms with E-state index in [1.807, 2.05) is 0 Å². The molecule has 194 valence electrons. The molecule has 18 nitrogen and oxygen atoms in total. The molecule has 0 amide bonds. The van der Waals surface area contributed by atoms with E-state index < -0.39 is 47.4 Å². The first-order valence-corrected chi connectivity index (χ1v) is 13.5. The molecule has 0 spiro atoms. The van der Waals surface area contributed by atoms with Crippen LogP contribution in [0.4, 0.5) is 25.2 Å². The second-order valence-corrected chi connectivity index (χ2v) is 8.51. The molecule has 0 saturated carbocycles. The van der Waals surface area contributed by atoms with Gasteiger partial charge >= 0.3 is 66.3 Å². The molecule has 0 aromatic carbocycles. The molecule has 0 aliphatic heterocycles. The topological polar surface area (TPSA) is 345 Å². The molecule has 0 saturated heterocycles. The number of hydrogen-bond donors (Lipinski definition) is 12. The Hall–Kier alpha value is 1.08. The molecular formula is H13F6LiO18P6. The van der Waals surface area contributed by atoms with E-state index in [9.17, 15) is 25.2 Å². The first kappa shape index (κ1) is 49.3. The summed E-state index contributed by atoms with van der Waals surface area (Å²) in [5.74, 6) is 0. The standard InChI is InChI=1S/6FH2O3P.Li.H/c6*1-5(2,3)4;;/h6*(H2,2,3,4);;. The van der Waals surface area contributed by atoms with Gasteiger partial charge in [0, 0.05) is 0 Å². The average Bonchev–Trinajstić information content (AvgIpc) is 1.94. The quantitative estimate of drug-likeness (QED) is 0.0949. The van der Waals surface area contributed by atoms with Crippen LogP contribution in [0.25, 0.3) is 0 Å². The molecule has 0 aromatic heterocycles. The van der Waals surface area contributed by atoms with Gasteiger partial charge in [0.25, 0.3) is 0 Å². The van der Waals surface area contributed by atoms with Crippen LogP contribution in [0, 0.1) is 0 Å². The summed E-state index contributed by atoms with van der Waals surface area (Å²) in [5, 5.41) is 0. The van der Waals surface area contributed by atoms with Crippen molar-refractivity contribution in [2.45, 2.75) is 0 Å². The third-order valence-electron chi connectivity index (χ3n) is 0. The van der Waals surface area contributed by atoms with Crippen molar-refractivity contribution in [2.75, 3.05) is 0 Å². The molecule has 31 heteroatoms. The van der Waals surface area contributed by atoms with E-state index in [1.54, 1.807) is 0 Å². The normalized spacial score (nSPS) is 11.4. The molecule has 0 aliphatic carbocycles. The van der Waals surface area contributed by atoms with Crippen molar-refractivity contribution in [1.29, 1.82) is 0 Å². The van der Waals surface area contributed by atoms with Crippen LogP contribution < -0.4 is 0 Å². The van der Waals surface area contributed by atoms with Gasteiger partial charge in [0.05, 0.1) is 0 Å². The average molecular weight is 608 g/mol. The van der Waals surface area contributed by atoms with E-state index in [0.717, 1.165) is 0 Å². The van der Waals surface area contributed by atoms with Crippen molar-refractivity contribution in [3.05, 3.63) is 0 Å². The molecule has 0 fully saturated rings. The van der Waals surface area contributed by atoms with Gasteiger partial charge in [0.2, 0.25) is 0 Å². The third kappa shape index (κ3) is 22600. The summed E-state index contributed by atoms with van der Waals surface area (Å²) in [7, 11) is -30.8. The van der Waals surface area contributed by atoms with E-state index in [1.165, 1.54) is 0 Å². The van der Waals surface area contributed by atoms with Gasteiger partial charge in [-0.05, 0) is 0 Å². The van der Waals surface area contributed by atoms with Crippen molar-refractivity contribution >= 4 is 66.3 Å². The third-order valence-corrected chi connectivity index (χ3v) is 0. The zero-order chi connectivity index (χ0) is 27.0. The van der Waals surface area contributed by atoms with Crippen molar-refractivity contribution in [2.24, 2.45) is 0 Å². The second-order valence-electron chi connectivity index (χ2n) is 2.84. The molecular weight excluding hydrogens is 595 g/mol. The summed E-state index contributed by atoms with van der Waals surface area (Å²) in [5.41, 5.74) is 0. The number of hydrogen-bond acceptors (Lipinski definition) is 6. The van der Waals surface area contributed by atoms with Gasteiger partial charge in [0.15, 0.2) is 0 Å². The second kappa shape index (κ2) is 20.5. The van der Waals surface area contributed by atoms with Crippen LogP contribution in [0.5, 0.6) is 0 Å². The van der Waals surface area contributed by atoms with Crippen LogP contribution in [-0.4, -0.2) is 77.6 Å². The Bertz CT molecular complexity index is 480. The molecule has 0 heterocycles. The van der Waals surface area contributed by atoms with Crippen molar-refractivity contribution < 1.29 is 111 Å². The molecule has 0 unspecified atom stereocenters. The molecule has 0 aromatic rings. The predicted octanol–water partition coefficient (Wildman–Crippen LogP) is -0.357. The molecule has 0 radical (unpaired) electrons. The van der Waals surface area contributed by atoms with E-state index in [-0.39, 0.29) is 18.9 Å². The van der Waals surface area contributed by atoms with E-state index in [2.05, 4.69) is 0 Å². The van der Waals surface area contributed by atoms with Crippen LogP contribution in [0.15, 0.2) is 0 Å². The SMILES string of the molecule is O=P(O)(O)F.O=P(O)(O)F.O=P(O)(O)F.O=P(O)(O)F.O=P(O)(O)F.O=P(O)(O)F.[LiH]. The fourth-order valence-electron chi connectivity index (χ4n) is 0. The Morgan fingerprint density at radius 3 is 0.290 bits per heavy atom. The van der Waals surface area contributed by atoms with Gasteiger partial charge in [-0.25, -0.2) is 27.4 Å². The summed E-state index contributed by atoms with van der Waals surface area (Å²) in [6.45, 7) is 0. The molecule has 0 rings (SSSR count). The van der Waals surface area contributed by atoms with Crippen molar-refractivity contribution in [3.8, 4) is 0 Å². The van der Waals surface area contributed by atoms with E-state index >= 15 is 0 Å². The minimum atomic E-state index is -5.14. The van der Waals surface area contributed by atoms with Gasteiger partial charge in [-0.3, -0.25) is 58.7 Å². The maximum atomic E-state index is 10.4. The summed E-state index contributed by atoms with van der Waals surface area (Å²) < 4.78 is 114. The molecule has 31 heavy (non-hydrogen) atoms. The Morgan fingerprint density at radius 1 is 0.290 bits per heavy atom. The van der Waals surface area contributed by atoms with Crippen LogP contribution in [-0.2, 0) is 27.4 Å². The van der Waals surface area contributed by atoms with Gasteiger partial charge in [0.1, 0.15) is 0 Å². The first-order chi connectivity index (χ1) is 12.0. The number of halogens is 6. The summed E-state index contributed by atoms with van der Waals surface area (Å²) in [6, 6.07) is 0. The molecule has 12 N–H and O–H groups in total. The summed E-state index contributed by atoms with van der Waals surface area (Å²) >= 11 is 0. The Morgan fingerprint density at radius 2 is 0.290 bits per heavy atom. The fraction of sp³-hybridized carbons (Fsp3) is 0. The van der Waals surface area contributed by atoms with Crippen LogP contribution in [0.2, 0.25) is 0 Å². The van der Waals surface area contributed by atoms with Gasteiger partial charge < -0.3 is 0 Å². The maximum absolute atomic E-state index is 10.4. The Balaban J connectivity index is -0.0000000443. The van der Waals surface area contributed by atoms with E-state index in [4.69, 9.17) is 86.1 Å². The monoisotopic (exact) mass is 608 g/mol. The summed E-state index contributed by atoms with van der Waals surface area (Å²) in [6.07, 6.45) is 0. The van der Waals surface area contributed by atoms with Crippen LogP contribution >= 0.6 is 47.4 Å².